The summed E-state index contributed by atoms with van der Waals surface area (Å²) in [6.07, 6.45) is -1.86. The lowest BCUT2D eigenvalue weighted by Gasteiger charge is -2.32. The van der Waals surface area contributed by atoms with Crippen molar-refractivity contribution >= 4 is 16.7 Å². The van der Waals surface area contributed by atoms with Gasteiger partial charge in [-0.3, -0.25) is 4.98 Å². The molecule has 1 aromatic carbocycles. The van der Waals surface area contributed by atoms with Crippen LogP contribution in [0.25, 0.3) is 10.9 Å². The third kappa shape index (κ3) is 4.14. The van der Waals surface area contributed by atoms with E-state index < -0.39 is 23.4 Å². The predicted octanol–water partition coefficient (Wildman–Crippen LogP) is 4.83. The zero-order valence-corrected chi connectivity index (χ0v) is 18.1. The van der Waals surface area contributed by atoms with Crippen molar-refractivity contribution in [2.45, 2.75) is 51.4 Å². The largest absolute Gasteiger partial charge is 0.416 e. The van der Waals surface area contributed by atoms with Crippen LogP contribution in [0, 0.1) is 13.8 Å². The average molecular weight is 446 g/mol. The third-order valence-electron chi connectivity index (χ3n) is 6.14. The van der Waals surface area contributed by atoms with Gasteiger partial charge in [-0.05, 0) is 44.0 Å². The minimum Gasteiger partial charge on any atom is -0.385 e. The second kappa shape index (κ2) is 8.29. The average Bonchev–Trinajstić information content (AvgIpc) is 2.75. The Balaban J connectivity index is 1.73. The summed E-state index contributed by atoms with van der Waals surface area (Å²) >= 11 is 0. The molecule has 3 heterocycles. The normalized spacial score (nSPS) is 17.3. The molecule has 0 radical (unpaired) electrons. The number of nitrogens with zero attached hydrogens (tertiary/aromatic N) is 3. The summed E-state index contributed by atoms with van der Waals surface area (Å²) in [5.74, 6) is 0.403. The number of alkyl halides is 3. The van der Waals surface area contributed by atoms with Gasteiger partial charge in [-0.1, -0.05) is 12.1 Å². The molecule has 0 aliphatic carbocycles. The van der Waals surface area contributed by atoms with Crippen molar-refractivity contribution in [3.8, 4) is 0 Å². The first kappa shape index (κ1) is 22.4. The summed E-state index contributed by atoms with van der Waals surface area (Å²) < 4.78 is 45.4. The van der Waals surface area contributed by atoms with Crippen molar-refractivity contribution in [1.29, 1.82) is 0 Å². The molecule has 1 aliphatic heterocycles. The Morgan fingerprint density at radius 3 is 2.56 bits per heavy atom. The highest BCUT2D eigenvalue weighted by molar-refractivity contribution is 5.90. The first-order valence-electron chi connectivity index (χ1n) is 10.5. The van der Waals surface area contributed by atoms with Crippen molar-refractivity contribution in [3.63, 3.8) is 0 Å². The molecule has 1 fully saturated rings. The molecule has 9 heteroatoms. The van der Waals surface area contributed by atoms with Crippen LogP contribution in [0.2, 0.25) is 0 Å². The van der Waals surface area contributed by atoms with Crippen molar-refractivity contribution in [2.24, 2.45) is 0 Å². The predicted molar refractivity (Wildman–Crippen MR) is 114 cm³/mol. The van der Waals surface area contributed by atoms with Gasteiger partial charge in [0, 0.05) is 43.2 Å². The number of ether oxygens (including phenoxy) is 1. The van der Waals surface area contributed by atoms with Crippen LogP contribution in [0.1, 0.15) is 53.8 Å². The molecule has 2 aromatic heterocycles. The molecular weight excluding hydrogens is 421 g/mol. The van der Waals surface area contributed by atoms with Crippen LogP contribution in [0.4, 0.5) is 19.0 Å². The molecule has 1 aliphatic rings. The molecule has 2 N–H and O–H groups in total. The SMILES string of the molecule is Cc1c([C@@H](C)Nc2nnc(C)c3ncc(C4(O)CCOCC4)cc23)cccc1C(F)(F)F. The number of aliphatic hydroxyl groups is 1. The van der Waals surface area contributed by atoms with Gasteiger partial charge in [0.2, 0.25) is 0 Å². The maximum atomic E-state index is 13.3. The molecule has 170 valence electrons. The smallest absolute Gasteiger partial charge is 0.385 e. The zero-order valence-electron chi connectivity index (χ0n) is 18.1. The van der Waals surface area contributed by atoms with Gasteiger partial charge in [-0.25, -0.2) is 0 Å². The van der Waals surface area contributed by atoms with E-state index in [0.29, 0.717) is 59.6 Å². The Kier molecular flexibility index (Phi) is 5.81. The Morgan fingerprint density at radius 2 is 1.88 bits per heavy atom. The van der Waals surface area contributed by atoms with Crippen LogP contribution in [0.15, 0.2) is 30.5 Å². The molecule has 0 unspecified atom stereocenters. The highest BCUT2D eigenvalue weighted by Gasteiger charge is 2.34. The van der Waals surface area contributed by atoms with Crippen LogP contribution < -0.4 is 5.32 Å². The fraction of sp³-hybridized carbons (Fsp3) is 0.435. The molecule has 3 aromatic rings. The number of hydrogen-bond acceptors (Lipinski definition) is 6. The third-order valence-corrected chi connectivity index (χ3v) is 6.14. The van der Waals surface area contributed by atoms with E-state index in [0.717, 1.165) is 6.07 Å². The first-order chi connectivity index (χ1) is 15.1. The van der Waals surface area contributed by atoms with E-state index in [-0.39, 0.29) is 5.56 Å². The number of hydrogen-bond donors (Lipinski definition) is 2. The van der Waals surface area contributed by atoms with Crippen molar-refractivity contribution in [1.82, 2.24) is 15.2 Å². The number of rotatable bonds is 4. The second-order valence-electron chi connectivity index (χ2n) is 8.28. The fourth-order valence-electron chi connectivity index (χ4n) is 4.23. The van der Waals surface area contributed by atoms with Gasteiger partial charge in [0.05, 0.1) is 28.4 Å². The lowest BCUT2D eigenvalue weighted by molar-refractivity contribution is -0.138. The fourth-order valence-corrected chi connectivity index (χ4v) is 4.23. The minimum atomic E-state index is -4.42. The standard InChI is InChI=1S/C23H25F3N4O2/c1-13-17(5-4-6-19(13)23(24,25)26)14(2)28-21-18-11-16(22(31)7-9-32-10-8-22)12-27-20(18)15(3)29-30-21/h4-6,11-12,14,31H,7-10H2,1-3H3,(H,28,30)/t14-/m1/s1. The second-order valence-corrected chi connectivity index (χ2v) is 8.28. The highest BCUT2D eigenvalue weighted by Crippen LogP contribution is 2.37. The summed E-state index contributed by atoms with van der Waals surface area (Å²) in [6.45, 7) is 5.95. The number of aryl methyl sites for hydroxylation is 1. The van der Waals surface area contributed by atoms with Gasteiger partial charge >= 0.3 is 6.18 Å². The number of fused-ring (bicyclic) bond motifs is 1. The monoisotopic (exact) mass is 446 g/mol. The van der Waals surface area contributed by atoms with Gasteiger partial charge in [0.1, 0.15) is 0 Å². The Hall–Kier alpha value is -2.78. The van der Waals surface area contributed by atoms with Gasteiger partial charge in [-0.15, -0.1) is 5.10 Å². The number of aromatic nitrogens is 3. The molecule has 1 saturated heterocycles. The van der Waals surface area contributed by atoms with Gasteiger partial charge in [0.15, 0.2) is 5.82 Å². The maximum absolute atomic E-state index is 13.3. The topological polar surface area (TPSA) is 80.2 Å². The molecule has 4 rings (SSSR count). The number of anilines is 1. The molecule has 0 saturated carbocycles. The van der Waals surface area contributed by atoms with E-state index in [1.165, 1.54) is 13.0 Å². The molecule has 0 spiro atoms. The Labute approximate surface area is 183 Å². The molecule has 1 atom stereocenters. The van der Waals surface area contributed by atoms with Gasteiger partial charge in [-0.2, -0.15) is 18.3 Å². The minimum absolute atomic E-state index is 0.166. The van der Waals surface area contributed by atoms with E-state index in [9.17, 15) is 18.3 Å². The van der Waals surface area contributed by atoms with Crippen LogP contribution in [0.5, 0.6) is 0 Å². The van der Waals surface area contributed by atoms with Crippen molar-refractivity contribution in [2.75, 3.05) is 18.5 Å². The molecule has 6 nitrogen and oxygen atoms in total. The number of pyridine rings is 1. The van der Waals surface area contributed by atoms with E-state index in [4.69, 9.17) is 4.74 Å². The quantitative estimate of drug-likeness (QED) is 0.598. The van der Waals surface area contributed by atoms with Crippen LogP contribution in [-0.4, -0.2) is 33.5 Å². The zero-order chi connectivity index (χ0) is 23.1. The highest BCUT2D eigenvalue weighted by atomic mass is 19.4. The van der Waals surface area contributed by atoms with E-state index in [1.807, 2.05) is 6.07 Å². The van der Waals surface area contributed by atoms with Gasteiger partial charge < -0.3 is 15.2 Å². The maximum Gasteiger partial charge on any atom is 0.416 e. The first-order valence-corrected chi connectivity index (χ1v) is 10.5. The number of benzene rings is 1. The van der Waals surface area contributed by atoms with Crippen LogP contribution in [-0.2, 0) is 16.5 Å². The Morgan fingerprint density at radius 1 is 1.16 bits per heavy atom. The van der Waals surface area contributed by atoms with Crippen molar-refractivity contribution in [3.05, 3.63) is 58.4 Å². The summed E-state index contributed by atoms with van der Waals surface area (Å²) in [5.41, 5.74) is 0.883. The molecule has 32 heavy (non-hydrogen) atoms. The summed E-state index contributed by atoms with van der Waals surface area (Å²) in [4.78, 5) is 4.51. The lowest BCUT2D eigenvalue weighted by Crippen LogP contribution is -2.33. The summed E-state index contributed by atoms with van der Waals surface area (Å²) in [5, 5.41) is 23.4. The van der Waals surface area contributed by atoms with E-state index in [1.54, 1.807) is 26.1 Å². The number of halogens is 3. The van der Waals surface area contributed by atoms with Gasteiger partial charge in [0.25, 0.3) is 0 Å². The molecule has 0 amide bonds. The number of nitrogens with one attached hydrogen (secondary N) is 1. The molecule has 0 bridgehead atoms. The van der Waals surface area contributed by atoms with E-state index >= 15 is 0 Å². The van der Waals surface area contributed by atoms with Crippen LogP contribution in [0.3, 0.4) is 0 Å². The van der Waals surface area contributed by atoms with Crippen molar-refractivity contribution < 1.29 is 23.0 Å². The molecular formula is C23H25F3N4O2. The summed E-state index contributed by atoms with van der Waals surface area (Å²) in [7, 11) is 0. The lowest BCUT2D eigenvalue weighted by atomic mass is 9.87. The van der Waals surface area contributed by atoms with E-state index in [2.05, 4.69) is 20.5 Å². The summed E-state index contributed by atoms with van der Waals surface area (Å²) in [6, 6.07) is 5.52. The Bertz CT molecular complexity index is 1140. The van der Waals surface area contributed by atoms with Crippen LogP contribution >= 0.6 is 0 Å².